The number of oxazole rings is 1. The molecule has 1 aromatic heterocycles. The highest BCUT2D eigenvalue weighted by atomic mass is 16.3. The molecule has 3 nitrogen and oxygen atoms in total. The summed E-state index contributed by atoms with van der Waals surface area (Å²) in [6, 6.07) is 0. The Morgan fingerprint density at radius 1 is 1.29 bits per heavy atom. The third kappa shape index (κ3) is 1.78. The molecule has 0 bridgehead atoms. The second-order valence-corrected chi connectivity index (χ2v) is 4.46. The van der Waals surface area contributed by atoms with E-state index in [0.717, 1.165) is 23.5 Å². The Bertz CT molecular complexity index is 573. The molecule has 1 unspecified atom stereocenters. The van der Waals surface area contributed by atoms with Gasteiger partial charge in [-0.15, -0.1) is 0 Å². The van der Waals surface area contributed by atoms with Crippen molar-refractivity contribution >= 4 is 5.71 Å². The number of allylic oxidation sites excluding steroid dienone is 5. The normalized spacial score (nSPS) is 22.7. The van der Waals surface area contributed by atoms with Gasteiger partial charge < -0.3 is 4.42 Å². The summed E-state index contributed by atoms with van der Waals surface area (Å²) in [6.07, 6.45) is 11.2. The molecule has 1 aliphatic heterocycles. The molecule has 0 saturated heterocycles. The minimum atomic E-state index is 0.416. The fraction of sp³-hybridized carbons (Fsp3) is 0.286. The van der Waals surface area contributed by atoms with Crippen LogP contribution in [0.1, 0.15) is 24.9 Å². The Balaban J connectivity index is 2.03. The Hall–Kier alpha value is -1.90. The van der Waals surface area contributed by atoms with Crippen LogP contribution in [0.15, 0.2) is 51.2 Å². The largest absolute Gasteiger partial charge is 0.443 e. The van der Waals surface area contributed by atoms with Gasteiger partial charge in [0.2, 0.25) is 5.89 Å². The summed E-state index contributed by atoms with van der Waals surface area (Å²) >= 11 is 0. The van der Waals surface area contributed by atoms with Gasteiger partial charge in [-0.2, -0.15) is 0 Å². The molecule has 1 aliphatic carbocycles. The summed E-state index contributed by atoms with van der Waals surface area (Å²) in [6.45, 7) is 4.01. The SMILES string of the molecule is CC1=C2N=C(c3nc(C)co3)C=CC2CC=C1. The predicted octanol–water partition coefficient (Wildman–Crippen LogP) is 3.19. The second kappa shape index (κ2) is 3.84. The zero-order chi connectivity index (χ0) is 11.8. The summed E-state index contributed by atoms with van der Waals surface area (Å²) < 4.78 is 5.38. The molecule has 1 aromatic rings. The molecule has 86 valence electrons. The molecule has 0 amide bonds. The van der Waals surface area contributed by atoms with Crippen molar-refractivity contribution in [2.45, 2.75) is 20.3 Å². The molecule has 0 spiro atoms. The molecule has 17 heavy (non-hydrogen) atoms. The summed E-state index contributed by atoms with van der Waals surface area (Å²) in [4.78, 5) is 8.98. The van der Waals surface area contributed by atoms with Crippen molar-refractivity contribution in [2.75, 3.05) is 0 Å². The summed E-state index contributed by atoms with van der Waals surface area (Å²) in [5, 5.41) is 0. The minimum absolute atomic E-state index is 0.416. The van der Waals surface area contributed by atoms with E-state index in [1.807, 2.05) is 13.0 Å². The molecular formula is C14H14N2O. The van der Waals surface area contributed by atoms with Gasteiger partial charge in [-0.3, -0.25) is 0 Å². The molecule has 3 heteroatoms. The van der Waals surface area contributed by atoms with Crippen molar-refractivity contribution in [1.29, 1.82) is 0 Å². The highest BCUT2D eigenvalue weighted by Gasteiger charge is 2.21. The van der Waals surface area contributed by atoms with E-state index in [1.54, 1.807) is 6.26 Å². The lowest BCUT2D eigenvalue weighted by atomic mass is 9.90. The van der Waals surface area contributed by atoms with E-state index < -0.39 is 0 Å². The van der Waals surface area contributed by atoms with Crippen LogP contribution in [-0.4, -0.2) is 10.7 Å². The maximum absolute atomic E-state index is 5.38. The molecule has 0 N–H and O–H groups in total. The zero-order valence-electron chi connectivity index (χ0n) is 9.97. The average Bonchev–Trinajstić information content (AvgIpc) is 2.76. The van der Waals surface area contributed by atoms with Crippen molar-refractivity contribution in [2.24, 2.45) is 10.9 Å². The number of dihydropyridines is 1. The predicted molar refractivity (Wildman–Crippen MR) is 66.9 cm³/mol. The Morgan fingerprint density at radius 2 is 2.18 bits per heavy atom. The van der Waals surface area contributed by atoms with Gasteiger partial charge in [-0.25, -0.2) is 9.98 Å². The van der Waals surface area contributed by atoms with Crippen LogP contribution < -0.4 is 0 Å². The number of hydrogen-bond acceptors (Lipinski definition) is 3. The maximum Gasteiger partial charge on any atom is 0.245 e. The summed E-state index contributed by atoms with van der Waals surface area (Å²) in [5.74, 6) is 1.02. The van der Waals surface area contributed by atoms with Crippen LogP contribution in [0.5, 0.6) is 0 Å². The summed E-state index contributed by atoms with van der Waals surface area (Å²) in [5.41, 5.74) is 4.07. The van der Waals surface area contributed by atoms with Gasteiger partial charge in [0.05, 0.1) is 11.4 Å². The Kier molecular flexibility index (Phi) is 2.32. The first-order chi connectivity index (χ1) is 8.24. The van der Waals surface area contributed by atoms with Crippen molar-refractivity contribution in [3.8, 4) is 0 Å². The van der Waals surface area contributed by atoms with E-state index in [1.165, 1.54) is 5.57 Å². The first-order valence-electron chi connectivity index (χ1n) is 5.81. The monoisotopic (exact) mass is 226 g/mol. The number of hydrogen-bond donors (Lipinski definition) is 0. The van der Waals surface area contributed by atoms with E-state index in [0.29, 0.717) is 11.8 Å². The van der Waals surface area contributed by atoms with Crippen LogP contribution in [0.2, 0.25) is 0 Å². The quantitative estimate of drug-likeness (QED) is 0.737. The molecule has 2 aliphatic rings. The van der Waals surface area contributed by atoms with Gasteiger partial charge in [0.25, 0.3) is 0 Å². The number of fused-ring (bicyclic) bond motifs is 1. The smallest absolute Gasteiger partial charge is 0.245 e. The first kappa shape index (κ1) is 10.3. The lowest BCUT2D eigenvalue weighted by molar-refractivity contribution is 0.546. The van der Waals surface area contributed by atoms with Crippen LogP contribution in [0, 0.1) is 12.8 Å². The van der Waals surface area contributed by atoms with Crippen LogP contribution in [0.4, 0.5) is 0 Å². The molecular weight excluding hydrogens is 212 g/mol. The fourth-order valence-electron chi connectivity index (χ4n) is 2.19. The molecule has 3 rings (SSSR count). The van der Waals surface area contributed by atoms with Crippen molar-refractivity contribution in [3.05, 3.63) is 53.4 Å². The fourth-order valence-corrected chi connectivity index (χ4v) is 2.19. The molecule has 0 aromatic carbocycles. The van der Waals surface area contributed by atoms with E-state index in [-0.39, 0.29) is 0 Å². The Morgan fingerprint density at radius 3 is 2.94 bits per heavy atom. The minimum Gasteiger partial charge on any atom is -0.443 e. The number of aliphatic imine (C=N–C) groups is 1. The van der Waals surface area contributed by atoms with Crippen LogP contribution in [0.25, 0.3) is 0 Å². The van der Waals surface area contributed by atoms with Crippen molar-refractivity contribution in [1.82, 2.24) is 4.98 Å². The van der Waals surface area contributed by atoms with Crippen LogP contribution >= 0.6 is 0 Å². The van der Waals surface area contributed by atoms with Gasteiger partial charge >= 0.3 is 0 Å². The lowest BCUT2D eigenvalue weighted by Gasteiger charge is -2.21. The van der Waals surface area contributed by atoms with E-state index in [4.69, 9.17) is 4.42 Å². The summed E-state index contributed by atoms with van der Waals surface area (Å²) in [7, 11) is 0. The standard InChI is InChI=1S/C14H14N2O/c1-9-4-3-5-11-6-7-12(16-13(9)11)14-15-10(2)8-17-14/h3-4,6-8,11H,5H2,1-2H3. The highest BCUT2D eigenvalue weighted by molar-refractivity contribution is 6.06. The van der Waals surface area contributed by atoms with Gasteiger partial charge in [-0.1, -0.05) is 18.2 Å². The second-order valence-electron chi connectivity index (χ2n) is 4.46. The number of aromatic nitrogens is 1. The number of nitrogens with zero attached hydrogens (tertiary/aromatic N) is 2. The van der Waals surface area contributed by atoms with Gasteiger partial charge in [0.15, 0.2) is 0 Å². The maximum atomic E-state index is 5.38. The van der Waals surface area contributed by atoms with Gasteiger partial charge in [0, 0.05) is 5.92 Å². The van der Waals surface area contributed by atoms with E-state index in [9.17, 15) is 0 Å². The molecule has 0 saturated carbocycles. The van der Waals surface area contributed by atoms with Crippen molar-refractivity contribution < 1.29 is 4.42 Å². The van der Waals surface area contributed by atoms with E-state index in [2.05, 4.69) is 35.1 Å². The third-order valence-electron chi connectivity index (χ3n) is 3.08. The molecule has 0 fully saturated rings. The van der Waals surface area contributed by atoms with Gasteiger partial charge in [0.1, 0.15) is 12.0 Å². The van der Waals surface area contributed by atoms with Crippen molar-refractivity contribution in [3.63, 3.8) is 0 Å². The van der Waals surface area contributed by atoms with E-state index >= 15 is 0 Å². The van der Waals surface area contributed by atoms with Crippen LogP contribution in [0.3, 0.4) is 0 Å². The number of rotatable bonds is 1. The molecule has 1 atom stereocenters. The Labute approximate surface area is 100 Å². The zero-order valence-corrected chi connectivity index (χ0v) is 9.97. The first-order valence-corrected chi connectivity index (χ1v) is 5.81. The molecule has 2 heterocycles. The molecule has 0 radical (unpaired) electrons. The highest BCUT2D eigenvalue weighted by Crippen LogP contribution is 2.30. The third-order valence-corrected chi connectivity index (χ3v) is 3.08. The van der Waals surface area contributed by atoms with Crippen LogP contribution in [-0.2, 0) is 0 Å². The number of aryl methyl sites for hydroxylation is 1. The average molecular weight is 226 g/mol. The van der Waals surface area contributed by atoms with Gasteiger partial charge in [-0.05, 0) is 31.9 Å². The lowest BCUT2D eigenvalue weighted by Crippen LogP contribution is -2.12. The topological polar surface area (TPSA) is 38.4 Å².